The monoisotopic (exact) mass is 218 g/mol. The molecule has 4 heteroatoms. The van der Waals surface area contributed by atoms with Gasteiger partial charge in [0.25, 0.3) is 0 Å². The third-order valence-electron chi connectivity index (χ3n) is 1.94. The Morgan fingerprint density at radius 3 is 2.75 bits per heavy atom. The van der Waals surface area contributed by atoms with Crippen LogP contribution in [0.2, 0.25) is 0 Å². The molecule has 84 valence electrons. The number of carbonyl (C=O) groups is 1. The van der Waals surface area contributed by atoms with Gasteiger partial charge in [-0.2, -0.15) is 5.26 Å². The molecule has 0 aliphatic carbocycles. The molecule has 0 saturated heterocycles. The van der Waals surface area contributed by atoms with Crippen LogP contribution in [0, 0.1) is 11.3 Å². The van der Waals surface area contributed by atoms with Crippen molar-refractivity contribution in [2.24, 2.45) is 0 Å². The molecule has 0 aliphatic heterocycles. The molecule has 0 aromatic heterocycles. The van der Waals surface area contributed by atoms with Crippen LogP contribution in [0.3, 0.4) is 0 Å². The summed E-state index contributed by atoms with van der Waals surface area (Å²) in [6.45, 7) is 0.535. The lowest BCUT2D eigenvalue weighted by molar-refractivity contribution is 0.200. The van der Waals surface area contributed by atoms with Crippen LogP contribution in [0.15, 0.2) is 30.3 Å². The van der Waals surface area contributed by atoms with E-state index in [-0.39, 0.29) is 0 Å². The molecule has 0 aliphatic rings. The van der Waals surface area contributed by atoms with Crippen LogP contribution in [0.25, 0.3) is 0 Å². The first kappa shape index (κ1) is 12.1. The van der Waals surface area contributed by atoms with Crippen molar-refractivity contribution in [1.29, 1.82) is 5.26 Å². The molecule has 1 aromatic rings. The fourth-order valence-electron chi connectivity index (χ4n) is 1.15. The van der Waals surface area contributed by atoms with Crippen molar-refractivity contribution in [3.8, 4) is 11.8 Å². The first-order chi connectivity index (χ1) is 7.83. The summed E-state index contributed by atoms with van der Waals surface area (Å²) in [4.78, 5) is 11.2. The second kappa shape index (κ2) is 7.30. The van der Waals surface area contributed by atoms with Gasteiger partial charge < -0.3 is 10.1 Å². The normalized spacial score (nSPS) is 9.19. The van der Waals surface area contributed by atoms with E-state index in [1.54, 1.807) is 24.3 Å². The topological polar surface area (TPSA) is 62.1 Å². The average Bonchev–Trinajstić information content (AvgIpc) is 2.30. The minimum Gasteiger partial charge on any atom is -0.410 e. The SMILES string of the molecule is N#CCCCCNC(=O)Oc1ccccc1. The van der Waals surface area contributed by atoms with Gasteiger partial charge in [-0.15, -0.1) is 0 Å². The summed E-state index contributed by atoms with van der Waals surface area (Å²) in [7, 11) is 0. The maximum atomic E-state index is 11.2. The Bertz CT molecular complexity index is 357. The molecule has 0 heterocycles. The fraction of sp³-hybridized carbons (Fsp3) is 0.333. The Morgan fingerprint density at radius 1 is 1.31 bits per heavy atom. The maximum absolute atomic E-state index is 11.2. The van der Waals surface area contributed by atoms with Gasteiger partial charge in [-0.3, -0.25) is 0 Å². The Balaban J connectivity index is 2.15. The molecule has 0 spiro atoms. The zero-order valence-corrected chi connectivity index (χ0v) is 8.98. The number of nitrogens with zero attached hydrogens (tertiary/aromatic N) is 1. The van der Waals surface area contributed by atoms with Gasteiger partial charge in [0.05, 0.1) is 6.07 Å². The first-order valence-electron chi connectivity index (χ1n) is 5.20. The number of carbonyl (C=O) groups excluding carboxylic acids is 1. The van der Waals surface area contributed by atoms with Crippen LogP contribution in [-0.4, -0.2) is 12.6 Å². The molecule has 1 rings (SSSR count). The molecule has 1 amide bonds. The fourth-order valence-corrected chi connectivity index (χ4v) is 1.15. The van der Waals surface area contributed by atoms with Crippen LogP contribution in [0.1, 0.15) is 19.3 Å². The Morgan fingerprint density at radius 2 is 2.06 bits per heavy atom. The van der Waals surface area contributed by atoms with Gasteiger partial charge in [0.15, 0.2) is 0 Å². The van der Waals surface area contributed by atoms with E-state index in [2.05, 4.69) is 11.4 Å². The minimum absolute atomic E-state index is 0.455. The smallest absolute Gasteiger partial charge is 0.410 e. The van der Waals surface area contributed by atoms with Crippen LogP contribution >= 0.6 is 0 Å². The molecule has 0 saturated carbocycles. The third-order valence-corrected chi connectivity index (χ3v) is 1.94. The summed E-state index contributed by atoms with van der Waals surface area (Å²) in [6.07, 6.45) is 1.65. The van der Waals surface area contributed by atoms with Crippen LogP contribution < -0.4 is 10.1 Å². The standard InChI is InChI=1S/C12H14N2O2/c13-9-5-2-6-10-14-12(15)16-11-7-3-1-4-8-11/h1,3-4,7-8H,2,5-6,10H2,(H,14,15). The Kier molecular flexibility index (Phi) is 5.49. The van der Waals surface area contributed by atoms with E-state index in [0.29, 0.717) is 18.7 Å². The Labute approximate surface area is 94.8 Å². The van der Waals surface area contributed by atoms with Gasteiger partial charge in [0.2, 0.25) is 0 Å². The van der Waals surface area contributed by atoms with Gasteiger partial charge in [-0.25, -0.2) is 4.79 Å². The van der Waals surface area contributed by atoms with Gasteiger partial charge in [-0.05, 0) is 25.0 Å². The number of unbranched alkanes of at least 4 members (excludes halogenated alkanes) is 2. The van der Waals surface area contributed by atoms with E-state index in [0.717, 1.165) is 12.8 Å². The maximum Gasteiger partial charge on any atom is 0.412 e. The second-order valence-electron chi connectivity index (χ2n) is 3.24. The van der Waals surface area contributed by atoms with E-state index in [1.807, 2.05) is 6.07 Å². The molecule has 1 N–H and O–H groups in total. The molecule has 0 atom stereocenters. The molecule has 0 radical (unpaired) electrons. The number of hydrogen-bond donors (Lipinski definition) is 1. The Hall–Kier alpha value is -2.02. The van der Waals surface area contributed by atoms with Crippen molar-refractivity contribution in [3.05, 3.63) is 30.3 Å². The zero-order valence-electron chi connectivity index (χ0n) is 8.98. The highest BCUT2D eigenvalue weighted by Crippen LogP contribution is 2.07. The van der Waals surface area contributed by atoms with E-state index >= 15 is 0 Å². The predicted molar refractivity (Wildman–Crippen MR) is 59.9 cm³/mol. The lowest BCUT2D eigenvalue weighted by Gasteiger charge is -2.05. The number of benzene rings is 1. The summed E-state index contributed by atoms with van der Waals surface area (Å²) in [6, 6.07) is 10.9. The molecule has 4 nitrogen and oxygen atoms in total. The number of amides is 1. The van der Waals surface area contributed by atoms with Crippen molar-refractivity contribution in [3.63, 3.8) is 0 Å². The summed E-state index contributed by atoms with van der Waals surface area (Å²) < 4.78 is 5.01. The second-order valence-corrected chi connectivity index (χ2v) is 3.24. The highest BCUT2D eigenvalue weighted by molar-refractivity contribution is 5.70. The van der Waals surface area contributed by atoms with Crippen LogP contribution in [-0.2, 0) is 0 Å². The van der Waals surface area contributed by atoms with Crippen LogP contribution in [0.5, 0.6) is 5.75 Å². The lowest BCUT2D eigenvalue weighted by atomic mass is 10.2. The highest BCUT2D eigenvalue weighted by atomic mass is 16.5. The summed E-state index contributed by atoms with van der Waals surface area (Å²) in [5, 5.41) is 10.9. The average molecular weight is 218 g/mol. The number of ether oxygens (including phenoxy) is 1. The molecule has 0 fully saturated rings. The molecule has 0 bridgehead atoms. The van der Waals surface area contributed by atoms with Crippen LogP contribution in [0.4, 0.5) is 4.79 Å². The number of hydrogen-bond acceptors (Lipinski definition) is 3. The van der Waals surface area contributed by atoms with E-state index in [4.69, 9.17) is 10.00 Å². The molecular formula is C12H14N2O2. The number of para-hydroxylation sites is 1. The number of nitrogens with one attached hydrogen (secondary N) is 1. The van der Waals surface area contributed by atoms with Crippen molar-refractivity contribution in [2.75, 3.05) is 6.54 Å². The van der Waals surface area contributed by atoms with Crippen molar-refractivity contribution in [2.45, 2.75) is 19.3 Å². The van der Waals surface area contributed by atoms with Crippen molar-refractivity contribution in [1.82, 2.24) is 5.32 Å². The van der Waals surface area contributed by atoms with Crippen molar-refractivity contribution >= 4 is 6.09 Å². The third kappa shape index (κ3) is 5.01. The minimum atomic E-state index is -0.455. The predicted octanol–water partition coefficient (Wildman–Crippen LogP) is 2.47. The number of nitriles is 1. The molecule has 1 aromatic carbocycles. The molecule has 16 heavy (non-hydrogen) atoms. The van der Waals surface area contributed by atoms with E-state index < -0.39 is 6.09 Å². The van der Waals surface area contributed by atoms with Gasteiger partial charge in [-0.1, -0.05) is 18.2 Å². The summed E-state index contributed by atoms with van der Waals surface area (Å²) in [5.41, 5.74) is 0. The van der Waals surface area contributed by atoms with Crippen molar-refractivity contribution < 1.29 is 9.53 Å². The summed E-state index contributed by atoms with van der Waals surface area (Å²) >= 11 is 0. The molecule has 0 unspecified atom stereocenters. The first-order valence-corrected chi connectivity index (χ1v) is 5.20. The molecular weight excluding hydrogens is 204 g/mol. The zero-order chi connectivity index (χ0) is 11.6. The lowest BCUT2D eigenvalue weighted by Crippen LogP contribution is -2.27. The van der Waals surface area contributed by atoms with Gasteiger partial charge in [0.1, 0.15) is 5.75 Å². The van der Waals surface area contributed by atoms with Gasteiger partial charge >= 0.3 is 6.09 Å². The summed E-state index contributed by atoms with van der Waals surface area (Å²) in [5.74, 6) is 0.525. The highest BCUT2D eigenvalue weighted by Gasteiger charge is 2.01. The largest absolute Gasteiger partial charge is 0.412 e. The van der Waals surface area contributed by atoms with Gasteiger partial charge in [0, 0.05) is 13.0 Å². The van der Waals surface area contributed by atoms with E-state index in [9.17, 15) is 4.79 Å². The number of rotatable bonds is 5. The quantitative estimate of drug-likeness (QED) is 0.772. The van der Waals surface area contributed by atoms with E-state index in [1.165, 1.54) is 0 Å².